The van der Waals surface area contributed by atoms with E-state index < -0.39 is 17.9 Å². The molecule has 1 N–H and O–H groups in total. The second-order valence-electron chi connectivity index (χ2n) is 5.14. The van der Waals surface area contributed by atoms with Gasteiger partial charge in [-0.15, -0.1) is 0 Å². The highest BCUT2D eigenvalue weighted by atomic mass is 16.5. The van der Waals surface area contributed by atoms with E-state index in [1.54, 1.807) is 13.0 Å². The minimum absolute atomic E-state index is 0.123. The van der Waals surface area contributed by atoms with Crippen LogP contribution in [0, 0.1) is 13.8 Å². The number of amides is 3. The fourth-order valence-corrected chi connectivity index (χ4v) is 2.05. The third-order valence-corrected chi connectivity index (χ3v) is 3.58. The minimum atomic E-state index is -0.668. The number of ether oxygens (including phenoxy) is 1. The third-order valence-electron chi connectivity index (χ3n) is 3.58. The monoisotopic (exact) mass is 290 g/mol. The Kier molecular flexibility index (Phi) is 4.26. The molecule has 1 aromatic rings. The summed E-state index contributed by atoms with van der Waals surface area (Å²) in [5.41, 5.74) is 2.21. The molecule has 6 heteroatoms. The van der Waals surface area contributed by atoms with Crippen molar-refractivity contribution in [2.24, 2.45) is 0 Å². The average Bonchev–Trinajstić information content (AvgIpc) is 2.43. The second kappa shape index (κ2) is 5.95. The van der Waals surface area contributed by atoms with E-state index in [9.17, 15) is 14.4 Å². The maximum Gasteiger partial charge on any atom is 0.261 e. The smallest absolute Gasteiger partial charge is 0.261 e. The number of rotatable bonds is 3. The van der Waals surface area contributed by atoms with Gasteiger partial charge in [0.25, 0.3) is 5.91 Å². The van der Waals surface area contributed by atoms with E-state index in [-0.39, 0.29) is 19.1 Å². The number of nitrogens with one attached hydrogen (secondary N) is 1. The van der Waals surface area contributed by atoms with Crippen LogP contribution in [0.3, 0.4) is 0 Å². The van der Waals surface area contributed by atoms with Crippen LogP contribution in [0.1, 0.15) is 18.1 Å². The molecule has 1 heterocycles. The van der Waals surface area contributed by atoms with E-state index in [1.165, 1.54) is 4.90 Å². The molecule has 1 aromatic carbocycles. The van der Waals surface area contributed by atoms with Crippen LogP contribution in [0.25, 0.3) is 0 Å². The molecule has 6 nitrogen and oxygen atoms in total. The Balaban J connectivity index is 1.99. The highest BCUT2D eigenvalue weighted by molar-refractivity contribution is 6.04. The van der Waals surface area contributed by atoms with Gasteiger partial charge >= 0.3 is 0 Å². The van der Waals surface area contributed by atoms with Crippen molar-refractivity contribution in [3.05, 3.63) is 29.3 Å². The van der Waals surface area contributed by atoms with E-state index in [2.05, 4.69) is 5.32 Å². The van der Waals surface area contributed by atoms with Gasteiger partial charge in [0.05, 0.1) is 0 Å². The first-order chi connectivity index (χ1) is 9.88. The predicted molar refractivity (Wildman–Crippen MR) is 75.7 cm³/mol. The standard InChI is InChI=1S/C15H18N2O4/c1-9-4-5-12(6-10(9)2)21-8-14(19)17-7-13(18)16-15(20)11(17)3/h4-6,11H,7-8H2,1-3H3,(H,16,18,20). The molecule has 1 atom stereocenters. The van der Waals surface area contributed by atoms with Crippen molar-refractivity contribution in [1.29, 1.82) is 0 Å². The zero-order valence-electron chi connectivity index (χ0n) is 12.3. The van der Waals surface area contributed by atoms with Crippen molar-refractivity contribution in [2.45, 2.75) is 26.8 Å². The van der Waals surface area contributed by atoms with E-state index in [1.807, 2.05) is 26.0 Å². The van der Waals surface area contributed by atoms with Gasteiger partial charge in [-0.2, -0.15) is 0 Å². The molecule has 112 valence electrons. The Labute approximate surface area is 123 Å². The number of hydrogen-bond acceptors (Lipinski definition) is 4. The fraction of sp³-hybridized carbons (Fsp3) is 0.400. The van der Waals surface area contributed by atoms with Crippen molar-refractivity contribution in [3.8, 4) is 5.75 Å². The van der Waals surface area contributed by atoms with Crippen LogP contribution < -0.4 is 10.1 Å². The molecular weight excluding hydrogens is 272 g/mol. The Morgan fingerprint density at radius 3 is 2.71 bits per heavy atom. The largest absolute Gasteiger partial charge is 0.484 e. The van der Waals surface area contributed by atoms with Crippen molar-refractivity contribution in [2.75, 3.05) is 13.2 Å². The second-order valence-corrected chi connectivity index (χ2v) is 5.14. The molecule has 0 aromatic heterocycles. The van der Waals surface area contributed by atoms with E-state index in [4.69, 9.17) is 4.74 Å². The Morgan fingerprint density at radius 1 is 1.33 bits per heavy atom. The van der Waals surface area contributed by atoms with Gasteiger partial charge in [-0.3, -0.25) is 19.7 Å². The molecular formula is C15H18N2O4. The molecule has 2 rings (SSSR count). The number of piperazine rings is 1. The molecule has 0 saturated carbocycles. The van der Waals surface area contributed by atoms with Gasteiger partial charge in [-0.1, -0.05) is 6.07 Å². The van der Waals surface area contributed by atoms with E-state index in [0.29, 0.717) is 5.75 Å². The number of carbonyl (C=O) groups is 3. The zero-order valence-corrected chi connectivity index (χ0v) is 12.3. The summed E-state index contributed by atoms with van der Waals surface area (Å²) in [6, 6.07) is 4.88. The van der Waals surface area contributed by atoms with E-state index >= 15 is 0 Å². The summed E-state index contributed by atoms with van der Waals surface area (Å²) >= 11 is 0. The van der Waals surface area contributed by atoms with Gasteiger partial charge in [-0.05, 0) is 44.0 Å². The van der Waals surface area contributed by atoms with Gasteiger partial charge < -0.3 is 9.64 Å². The quantitative estimate of drug-likeness (QED) is 0.825. The number of benzene rings is 1. The topological polar surface area (TPSA) is 75.7 Å². The lowest BCUT2D eigenvalue weighted by Gasteiger charge is -2.31. The molecule has 0 radical (unpaired) electrons. The normalized spacial score (nSPS) is 18.4. The molecule has 1 saturated heterocycles. The molecule has 0 aliphatic carbocycles. The van der Waals surface area contributed by atoms with Crippen molar-refractivity contribution >= 4 is 17.7 Å². The first-order valence-corrected chi connectivity index (χ1v) is 6.71. The third kappa shape index (κ3) is 3.39. The van der Waals surface area contributed by atoms with Gasteiger partial charge in [0.1, 0.15) is 18.3 Å². The summed E-state index contributed by atoms with van der Waals surface area (Å²) in [7, 11) is 0. The predicted octanol–water partition coefficient (Wildman–Crippen LogP) is 0.556. The lowest BCUT2D eigenvalue weighted by molar-refractivity contribution is -0.150. The fourth-order valence-electron chi connectivity index (χ4n) is 2.05. The summed E-state index contributed by atoms with van der Waals surface area (Å²) in [4.78, 5) is 36.2. The van der Waals surface area contributed by atoms with Crippen molar-refractivity contribution in [1.82, 2.24) is 10.2 Å². The van der Waals surface area contributed by atoms with Crippen molar-refractivity contribution in [3.63, 3.8) is 0 Å². The molecule has 1 aliphatic heterocycles. The molecule has 0 bridgehead atoms. The van der Waals surface area contributed by atoms with E-state index in [0.717, 1.165) is 11.1 Å². The Bertz CT molecular complexity index is 597. The van der Waals surface area contributed by atoms with Gasteiger partial charge in [0.2, 0.25) is 11.8 Å². The summed E-state index contributed by atoms with van der Waals surface area (Å²) in [5, 5.41) is 2.19. The maximum absolute atomic E-state index is 12.1. The van der Waals surface area contributed by atoms with Crippen LogP contribution in [0.15, 0.2) is 18.2 Å². The Morgan fingerprint density at radius 2 is 2.05 bits per heavy atom. The van der Waals surface area contributed by atoms with Crippen LogP contribution in [0.4, 0.5) is 0 Å². The molecule has 0 spiro atoms. The number of carbonyl (C=O) groups excluding carboxylic acids is 3. The average molecular weight is 290 g/mol. The van der Waals surface area contributed by atoms with Crippen LogP contribution in [-0.2, 0) is 14.4 Å². The number of imide groups is 1. The summed E-state index contributed by atoms with van der Waals surface area (Å²) in [5.74, 6) is -0.737. The van der Waals surface area contributed by atoms with Crippen molar-refractivity contribution < 1.29 is 19.1 Å². The van der Waals surface area contributed by atoms with Gasteiger partial charge in [0.15, 0.2) is 6.61 Å². The first kappa shape index (κ1) is 15.0. The maximum atomic E-state index is 12.1. The SMILES string of the molecule is Cc1ccc(OCC(=O)N2CC(=O)NC(=O)C2C)cc1C. The van der Waals surface area contributed by atoms with Gasteiger partial charge in [0, 0.05) is 0 Å². The highest BCUT2D eigenvalue weighted by Gasteiger charge is 2.33. The van der Waals surface area contributed by atoms with Crippen LogP contribution in [0.5, 0.6) is 5.75 Å². The molecule has 1 unspecified atom stereocenters. The molecule has 1 fully saturated rings. The zero-order chi connectivity index (χ0) is 15.6. The first-order valence-electron chi connectivity index (χ1n) is 6.71. The molecule has 1 aliphatic rings. The van der Waals surface area contributed by atoms with Gasteiger partial charge in [-0.25, -0.2) is 0 Å². The molecule has 3 amide bonds. The summed E-state index contributed by atoms with van der Waals surface area (Å²) < 4.78 is 5.44. The van der Waals surface area contributed by atoms with Crippen LogP contribution in [-0.4, -0.2) is 41.8 Å². The van der Waals surface area contributed by atoms with Crippen LogP contribution in [0.2, 0.25) is 0 Å². The minimum Gasteiger partial charge on any atom is -0.484 e. The number of hydrogen-bond donors (Lipinski definition) is 1. The summed E-state index contributed by atoms with van der Waals surface area (Å²) in [6.45, 7) is 5.20. The highest BCUT2D eigenvalue weighted by Crippen LogP contribution is 2.16. The van der Waals surface area contributed by atoms with Crippen LogP contribution >= 0.6 is 0 Å². The number of nitrogens with zero attached hydrogens (tertiary/aromatic N) is 1. The summed E-state index contributed by atoms with van der Waals surface area (Å²) in [6.07, 6.45) is 0. The molecule has 21 heavy (non-hydrogen) atoms. The number of aryl methyl sites for hydroxylation is 2. The Hall–Kier alpha value is -2.37. The lowest BCUT2D eigenvalue weighted by atomic mass is 10.1. The lowest BCUT2D eigenvalue weighted by Crippen LogP contribution is -2.59.